The predicted octanol–water partition coefficient (Wildman–Crippen LogP) is 3.27. The van der Waals surface area contributed by atoms with Crippen molar-refractivity contribution in [1.29, 1.82) is 0 Å². The lowest BCUT2D eigenvalue weighted by molar-refractivity contribution is -0.106. The van der Waals surface area contributed by atoms with E-state index < -0.39 is 6.09 Å². The van der Waals surface area contributed by atoms with Gasteiger partial charge in [0.15, 0.2) is 5.82 Å². The quantitative estimate of drug-likeness (QED) is 0.437. The molecular weight excluding hydrogens is 346 g/mol. The molecule has 0 fully saturated rings. The molecule has 2 aromatic carbocycles. The summed E-state index contributed by atoms with van der Waals surface area (Å²) >= 11 is 0. The van der Waals surface area contributed by atoms with Crippen LogP contribution >= 0.6 is 0 Å². The molecule has 1 aliphatic rings. The third-order valence-electron chi connectivity index (χ3n) is 4.83. The molecule has 0 saturated carbocycles. The fraction of sp³-hybridized carbons (Fsp3) is 0.158. The Kier molecular flexibility index (Phi) is 3.51. The van der Waals surface area contributed by atoms with E-state index in [1.807, 2.05) is 30.3 Å². The minimum Gasteiger partial charge on any atom is -0.508 e. The number of phenols is 1. The number of hydrogen-bond acceptors (Lipinski definition) is 5. The van der Waals surface area contributed by atoms with E-state index >= 15 is 0 Å². The smallest absolute Gasteiger partial charge is 0.432 e. The highest BCUT2D eigenvalue weighted by Crippen LogP contribution is 2.30. The molecule has 0 radical (unpaired) electrons. The number of hydrogen-bond donors (Lipinski definition) is 4. The number of aromatic nitrogens is 3. The highest BCUT2D eigenvalue weighted by Gasteiger charge is 2.24. The number of aromatic amines is 2. The minimum atomic E-state index is -0.579. The number of carbonyl (C=O) groups is 1. The summed E-state index contributed by atoms with van der Waals surface area (Å²) < 4.78 is 0. The molecule has 8 nitrogen and oxygen atoms in total. The lowest BCUT2D eigenvalue weighted by atomic mass is 10.0. The van der Waals surface area contributed by atoms with Crippen LogP contribution in [0.5, 0.6) is 5.75 Å². The number of anilines is 1. The normalized spacial score (nSPS) is 14.4. The fourth-order valence-corrected chi connectivity index (χ4v) is 3.58. The number of nitrogens with one attached hydrogen (secondary N) is 3. The third-order valence-corrected chi connectivity index (χ3v) is 4.83. The zero-order valence-corrected chi connectivity index (χ0v) is 14.3. The number of nitrogens with zero attached hydrogens (tertiary/aromatic N) is 2. The van der Waals surface area contributed by atoms with E-state index in [9.17, 15) is 9.90 Å². The number of fused-ring (bicyclic) bond motifs is 4. The van der Waals surface area contributed by atoms with Crippen LogP contribution in [0, 0.1) is 0 Å². The minimum absolute atomic E-state index is 0.244. The second-order valence-electron chi connectivity index (χ2n) is 6.55. The van der Waals surface area contributed by atoms with Gasteiger partial charge in [-0.05, 0) is 42.3 Å². The number of aromatic hydroxyl groups is 1. The lowest BCUT2D eigenvalue weighted by Gasteiger charge is -2.25. The van der Waals surface area contributed by atoms with Gasteiger partial charge in [0.2, 0.25) is 0 Å². The largest absolute Gasteiger partial charge is 0.508 e. The number of rotatable bonds is 2. The van der Waals surface area contributed by atoms with E-state index in [0.717, 1.165) is 39.5 Å². The van der Waals surface area contributed by atoms with Crippen molar-refractivity contribution in [2.75, 3.05) is 11.9 Å². The van der Waals surface area contributed by atoms with Gasteiger partial charge >= 0.3 is 6.09 Å². The first-order chi connectivity index (χ1) is 13.2. The summed E-state index contributed by atoms with van der Waals surface area (Å²) in [5.74, 6) is 0.683. The molecule has 136 valence electrons. The Morgan fingerprint density at radius 3 is 3.00 bits per heavy atom. The van der Waals surface area contributed by atoms with Gasteiger partial charge in [0.1, 0.15) is 5.75 Å². The molecule has 1 amide bonds. The lowest BCUT2D eigenvalue weighted by Crippen LogP contribution is -2.34. The number of amides is 1. The Hall–Kier alpha value is -3.52. The summed E-state index contributed by atoms with van der Waals surface area (Å²) in [5.41, 5.74) is 3.95. The van der Waals surface area contributed by atoms with Gasteiger partial charge < -0.3 is 14.9 Å². The molecule has 0 unspecified atom stereocenters. The second kappa shape index (κ2) is 6.03. The van der Waals surface area contributed by atoms with Crippen LogP contribution in [0.3, 0.4) is 0 Å². The summed E-state index contributed by atoms with van der Waals surface area (Å²) in [6.45, 7) is 1.03. The van der Waals surface area contributed by atoms with Crippen LogP contribution in [0.25, 0.3) is 21.8 Å². The number of phenolic OH excluding ortho intramolecular Hbond substituents is 1. The zero-order chi connectivity index (χ0) is 18.4. The molecule has 2 aromatic heterocycles. The van der Waals surface area contributed by atoms with Crippen molar-refractivity contribution in [2.24, 2.45) is 0 Å². The predicted molar refractivity (Wildman–Crippen MR) is 100 cm³/mol. The third kappa shape index (κ3) is 2.76. The molecule has 1 aliphatic heterocycles. The Morgan fingerprint density at radius 2 is 2.07 bits per heavy atom. The van der Waals surface area contributed by atoms with Gasteiger partial charge in [0, 0.05) is 28.5 Å². The van der Waals surface area contributed by atoms with E-state index in [1.54, 1.807) is 17.2 Å². The van der Waals surface area contributed by atoms with Gasteiger partial charge in [-0.25, -0.2) is 4.79 Å². The van der Waals surface area contributed by atoms with Crippen LogP contribution in [0.15, 0.2) is 42.5 Å². The molecule has 8 heteroatoms. The fourth-order valence-electron chi connectivity index (χ4n) is 3.58. The van der Waals surface area contributed by atoms with E-state index in [4.69, 9.17) is 4.84 Å². The van der Waals surface area contributed by atoms with Crippen molar-refractivity contribution in [2.45, 2.75) is 13.0 Å². The van der Waals surface area contributed by atoms with E-state index in [0.29, 0.717) is 18.9 Å². The van der Waals surface area contributed by atoms with Crippen LogP contribution in [0.2, 0.25) is 0 Å². The first-order valence-corrected chi connectivity index (χ1v) is 8.67. The van der Waals surface area contributed by atoms with Crippen molar-refractivity contribution < 1.29 is 14.7 Å². The molecule has 3 heterocycles. The molecule has 4 aromatic rings. The molecule has 27 heavy (non-hydrogen) atoms. The molecule has 0 aliphatic carbocycles. The standard InChI is InChI=1S/C19H17N5O3/c25-11-5-6-15-14(9-11)12-7-8-24(10-17(12)20-15)27-19(26)21-18-13-3-1-2-4-16(13)22-23-18/h1-6,9,20,25H,7-8,10H2,(H2,21,22,23,26). The maximum absolute atomic E-state index is 12.3. The van der Waals surface area contributed by atoms with Crippen LogP contribution in [0.1, 0.15) is 11.3 Å². The van der Waals surface area contributed by atoms with E-state index in [2.05, 4.69) is 20.5 Å². The Labute approximate surface area is 153 Å². The van der Waals surface area contributed by atoms with Crippen molar-refractivity contribution in [3.8, 4) is 5.75 Å². The monoisotopic (exact) mass is 363 g/mol. The van der Waals surface area contributed by atoms with Crippen molar-refractivity contribution >= 4 is 33.7 Å². The Balaban J connectivity index is 1.31. The van der Waals surface area contributed by atoms with Crippen molar-refractivity contribution in [3.63, 3.8) is 0 Å². The summed E-state index contributed by atoms with van der Waals surface area (Å²) in [5, 5.41) is 22.8. The van der Waals surface area contributed by atoms with Crippen molar-refractivity contribution in [3.05, 3.63) is 53.7 Å². The average molecular weight is 363 g/mol. The zero-order valence-electron chi connectivity index (χ0n) is 14.3. The molecule has 4 N–H and O–H groups in total. The summed E-state index contributed by atoms with van der Waals surface area (Å²) in [4.78, 5) is 21.1. The number of para-hydroxylation sites is 1. The molecule has 0 bridgehead atoms. The SMILES string of the molecule is O=C(Nc1n[nH]c2ccccc12)ON1CCc2c([nH]c3ccc(O)cc23)C1. The Bertz CT molecular complexity index is 1160. The number of benzene rings is 2. The van der Waals surface area contributed by atoms with Gasteiger partial charge in [-0.2, -0.15) is 5.10 Å². The molecule has 0 spiro atoms. The Morgan fingerprint density at radius 1 is 1.19 bits per heavy atom. The van der Waals surface area contributed by atoms with E-state index in [1.165, 1.54) is 0 Å². The van der Waals surface area contributed by atoms with Crippen LogP contribution in [-0.4, -0.2) is 38.0 Å². The average Bonchev–Trinajstić information content (AvgIpc) is 3.22. The van der Waals surface area contributed by atoms with E-state index in [-0.39, 0.29) is 5.75 Å². The number of H-pyrrole nitrogens is 2. The summed E-state index contributed by atoms with van der Waals surface area (Å²) in [7, 11) is 0. The molecule has 5 rings (SSSR count). The first-order valence-electron chi connectivity index (χ1n) is 8.67. The van der Waals surface area contributed by atoms with Gasteiger partial charge in [0.25, 0.3) is 0 Å². The molecule has 0 saturated heterocycles. The number of hydroxylamine groups is 2. The van der Waals surface area contributed by atoms with Crippen LogP contribution in [0.4, 0.5) is 10.6 Å². The highest BCUT2D eigenvalue weighted by molar-refractivity contribution is 5.96. The van der Waals surface area contributed by atoms with Gasteiger partial charge in [0.05, 0.1) is 12.1 Å². The highest BCUT2D eigenvalue weighted by atomic mass is 16.7. The van der Waals surface area contributed by atoms with Gasteiger partial charge in [-0.15, -0.1) is 5.06 Å². The van der Waals surface area contributed by atoms with Gasteiger partial charge in [-0.3, -0.25) is 10.4 Å². The van der Waals surface area contributed by atoms with Crippen molar-refractivity contribution in [1.82, 2.24) is 20.2 Å². The van der Waals surface area contributed by atoms with Gasteiger partial charge in [-0.1, -0.05) is 12.1 Å². The van der Waals surface area contributed by atoms with Crippen LogP contribution in [-0.2, 0) is 17.8 Å². The summed E-state index contributed by atoms with van der Waals surface area (Å²) in [6.07, 6.45) is 0.140. The maximum atomic E-state index is 12.3. The summed E-state index contributed by atoms with van der Waals surface area (Å²) in [6, 6.07) is 12.8. The maximum Gasteiger partial charge on any atom is 0.432 e. The molecular formula is C19H17N5O3. The molecule has 0 atom stereocenters. The van der Waals surface area contributed by atoms with Crippen LogP contribution < -0.4 is 5.32 Å². The second-order valence-corrected chi connectivity index (χ2v) is 6.55. The first kappa shape index (κ1) is 15.7. The topological polar surface area (TPSA) is 106 Å². The number of carbonyl (C=O) groups excluding carboxylic acids is 1.